The molecule has 0 radical (unpaired) electrons. The Labute approximate surface area is 206 Å². The summed E-state index contributed by atoms with van der Waals surface area (Å²) >= 11 is 5.97. The summed E-state index contributed by atoms with van der Waals surface area (Å²) in [6.07, 6.45) is -7.56. The lowest BCUT2D eigenvalue weighted by atomic mass is 9.93. The van der Waals surface area contributed by atoms with Gasteiger partial charge in [0.2, 0.25) is 0 Å². The number of benzene rings is 2. The average molecular weight is 530 g/mol. The molecule has 0 bridgehead atoms. The summed E-state index contributed by atoms with van der Waals surface area (Å²) in [5.74, 6) is -0.473. The molecule has 12 heteroatoms. The number of anilines is 2. The van der Waals surface area contributed by atoms with E-state index >= 15 is 0 Å². The molecule has 2 N–H and O–H groups in total. The van der Waals surface area contributed by atoms with E-state index in [1.165, 1.54) is 12.1 Å². The molecular weight excluding hydrogens is 512 g/mol. The van der Waals surface area contributed by atoms with Crippen LogP contribution < -0.4 is 10.7 Å². The highest BCUT2D eigenvalue weighted by molar-refractivity contribution is 6.34. The number of alkyl halides is 6. The van der Waals surface area contributed by atoms with Crippen LogP contribution in [-0.4, -0.2) is 11.6 Å². The van der Waals surface area contributed by atoms with E-state index in [1.807, 2.05) is 0 Å². The van der Waals surface area contributed by atoms with Gasteiger partial charge in [-0.1, -0.05) is 17.7 Å². The number of furan rings is 1. The van der Waals surface area contributed by atoms with E-state index in [9.17, 15) is 31.1 Å². The molecule has 0 atom stereocenters. The van der Waals surface area contributed by atoms with Crippen LogP contribution in [0, 0.1) is 6.92 Å². The number of hydrazone groups is 1. The molecule has 5 nitrogen and oxygen atoms in total. The summed E-state index contributed by atoms with van der Waals surface area (Å²) < 4.78 is 83.8. The Morgan fingerprint density at radius 3 is 2.39 bits per heavy atom. The normalized spacial score (nSPS) is 15.1. The highest BCUT2D eigenvalue weighted by Crippen LogP contribution is 2.35. The van der Waals surface area contributed by atoms with Crippen molar-refractivity contribution >= 4 is 34.6 Å². The van der Waals surface area contributed by atoms with Crippen molar-refractivity contribution in [3.8, 4) is 0 Å². The number of carbonyl (C=O) groups is 1. The molecule has 190 valence electrons. The van der Waals surface area contributed by atoms with Gasteiger partial charge in [0, 0.05) is 17.5 Å². The molecule has 0 saturated carbocycles. The first-order valence-electron chi connectivity index (χ1n) is 10.6. The zero-order chi connectivity index (χ0) is 26.3. The monoisotopic (exact) mass is 529 g/mol. The third-order valence-electron chi connectivity index (χ3n) is 5.58. The minimum atomic E-state index is -4.62. The van der Waals surface area contributed by atoms with E-state index < -0.39 is 29.4 Å². The predicted molar refractivity (Wildman–Crippen MR) is 122 cm³/mol. The second-order valence-corrected chi connectivity index (χ2v) is 8.51. The fourth-order valence-electron chi connectivity index (χ4n) is 3.87. The van der Waals surface area contributed by atoms with Crippen molar-refractivity contribution in [3.05, 3.63) is 81.3 Å². The summed E-state index contributed by atoms with van der Waals surface area (Å²) in [4.78, 5) is 12.9. The van der Waals surface area contributed by atoms with Crippen molar-refractivity contribution in [1.29, 1.82) is 0 Å². The first kappa shape index (κ1) is 25.6. The fourth-order valence-corrected chi connectivity index (χ4v) is 4.04. The summed E-state index contributed by atoms with van der Waals surface area (Å²) in [6, 6.07) is 7.11. The fraction of sp³-hybridized carbons (Fsp3) is 0.250. The van der Waals surface area contributed by atoms with Crippen LogP contribution in [0.25, 0.3) is 0 Å². The molecule has 0 fully saturated rings. The summed E-state index contributed by atoms with van der Waals surface area (Å²) in [5.41, 5.74) is 2.12. The van der Waals surface area contributed by atoms with Gasteiger partial charge in [0.1, 0.15) is 5.76 Å². The predicted octanol–water partition coefficient (Wildman–Crippen LogP) is 7.68. The number of amides is 1. The lowest BCUT2D eigenvalue weighted by Gasteiger charge is -2.14. The molecule has 2 aromatic carbocycles. The van der Waals surface area contributed by atoms with Crippen LogP contribution in [0.5, 0.6) is 0 Å². The zero-order valence-corrected chi connectivity index (χ0v) is 19.3. The van der Waals surface area contributed by atoms with Crippen LogP contribution in [0.1, 0.15) is 51.4 Å². The van der Waals surface area contributed by atoms with Gasteiger partial charge in [-0.05, 0) is 56.2 Å². The number of rotatable bonds is 4. The first-order chi connectivity index (χ1) is 16.8. The van der Waals surface area contributed by atoms with Crippen LogP contribution in [0.4, 0.5) is 37.7 Å². The SMILES string of the molecule is Cc1c(C(=O)Nc2cc(C(F)(F)F)ccc2Cl)oc2c1/C(=N/Nc1cccc(C(F)(F)F)c1)CCC2. The standard InChI is InChI=1S/C24H18ClF6N3O2/c1-12-20-17(34-33-15-5-2-4-13(10-15)23(26,27)28)6-3-7-19(20)36-21(12)22(35)32-18-11-14(24(29,30)31)8-9-16(18)25/h2,4-5,8-11,33H,3,6-7H2,1H3,(H,32,35)/b34-17+. The maximum atomic E-state index is 13.0. The Kier molecular flexibility index (Phi) is 6.78. The molecule has 1 aliphatic carbocycles. The highest BCUT2D eigenvalue weighted by Gasteiger charge is 2.33. The van der Waals surface area contributed by atoms with Crippen molar-refractivity contribution in [1.82, 2.24) is 0 Å². The van der Waals surface area contributed by atoms with Gasteiger partial charge < -0.3 is 9.73 Å². The first-order valence-corrected chi connectivity index (χ1v) is 11.0. The third kappa shape index (κ3) is 5.35. The van der Waals surface area contributed by atoms with Gasteiger partial charge in [0.25, 0.3) is 5.91 Å². The molecule has 3 aromatic rings. The number of aryl methyl sites for hydroxylation is 1. The Hall–Kier alpha value is -3.47. The molecule has 1 aromatic heterocycles. The minimum absolute atomic E-state index is 0.0853. The van der Waals surface area contributed by atoms with E-state index in [2.05, 4.69) is 15.8 Å². The minimum Gasteiger partial charge on any atom is -0.455 e. The molecule has 1 amide bonds. The lowest BCUT2D eigenvalue weighted by molar-refractivity contribution is -0.138. The van der Waals surface area contributed by atoms with Crippen molar-refractivity contribution in [3.63, 3.8) is 0 Å². The summed E-state index contributed by atoms with van der Waals surface area (Å²) in [5, 5.41) is 6.52. The molecule has 0 unspecified atom stereocenters. The second kappa shape index (κ2) is 9.53. The maximum Gasteiger partial charge on any atom is 0.416 e. The largest absolute Gasteiger partial charge is 0.455 e. The summed E-state index contributed by atoms with van der Waals surface area (Å²) in [6.45, 7) is 1.59. The number of fused-ring (bicyclic) bond motifs is 1. The van der Waals surface area contributed by atoms with Gasteiger partial charge in [-0.25, -0.2) is 0 Å². The van der Waals surface area contributed by atoms with Gasteiger partial charge in [-0.3, -0.25) is 10.2 Å². The van der Waals surface area contributed by atoms with Crippen LogP contribution in [0.2, 0.25) is 5.02 Å². The van der Waals surface area contributed by atoms with Crippen molar-refractivity contribution in [2.45, 2.75) is 38.5 Å². The molecule has 0 spiro atoms. The highest BCUT2D eigenvalue weighted by atomic mass is 35.5. The Bertz CT molecular complexity index is 1340. The number of nitrogens with zero attached hydrogens (tertiary/aromatic N) is 1. The number of hydrogen-bond donors (Lipinski definition) is 2. The Balaban J connectivity index is 1.60. The van der Waals surface area contributed by atoms with E-state index in [0.717, 1.165) is 30.3 Å². The maximum absolute atomic E-state index is 13.0. The van der Waals surface area contributed by atoms with Crippen LogP contribution in [-0.2, 0) is 18.8 Å². The molecule has 0 aliphatic heterocycles. The molecule has 1 aliphatic rings. The van der Waals surface area contributed by atoms with E-state index in [1.54, 1.807) is 6.92 Å². The number of hydrogen-bond acceptors (Lipinski definition) is 4. The molecule has 4 rings (SSSR count). The lowest BCUT2D eigenvalue weighted by Crippen LogP contribution is -2.15. The van der Waals surface area contributed by atoms with Gasteiger partial charge in [0.15, 0.2) is 5.76 Å². The molecule has 1 heterocycles. The quantitative estimate of drug-likeness (QED) is 0.269. The number of carbonyl (C=O) groups excluding carboxylic acids is 1. The van der Waals surface area contributed by atoms with Crippen LogP contribution in [0.15, 0.2) is 52.0 Å². The topological polar surface area (TPSA) is 66.6 Å². The van der Waals surface area contributed by atoms with Crippen molar-refractivity contribution < 1.29 is 35.6 Å². The van der Waals surface area contributed by atoms with E-state index in [4.69, 9.17) is 16.0 Å². The van der Waals surface area contributed by atoms with Gasteiger partial charge in [-0.15, -0.1) is 0 Å². The van der Waals surface area contributed by atoms with Gasteiger partial charge in [0.05, 0.1) is 33.2 Å². The second-order valence-electron chi connectivity index (χ2n) is 8.10. The van der Waals surface area contributed by atoms with E-state index in [-0.39, 0.29) is 22.2 Å². The smallest absolute Gasteiger partial charge is 0.416 e. The van der Waals surface area contributed by atoms with Gasteiger partial charge >= 0.3 is 12.4 Å². The average Bonchev–Trinajstić information content (AvgIpc) is 3.15. The Morgan fingerprint density at radius 2 is 1.69 bits per heavy atom. The molecular formula is C24H18ClF6N3O2. The van der Waals surface area contributed by atoms with E-state index in [0.29, 0.717) is 41.9 Å². The molecule has 0 saturated heterocycles. The van der Waals surface area contributed by atoms with Crippen molar-refractivity contribution in [2.24, 2.45) is 5.10 Å². The van der Waals surface area contributed by atoms with Crippen LogP contribution >= 0.6 is 11.6 Å². The number of halogens is 7. The zero-order valence-electron chi connectivity index (χ0n) is 18.6. The Morgan fingerprint density at radius 1 is 1.00 bits per heavy atom. The molecule has 36 heavy (non-hydrogen) atoms. The van der Waals surface area contributed by atoms with Crippen LogP contribution in [0.3, 0.4) is 0 Å². The van der Waals surface area contributed by atoms with Crippen molar-refractivity contribution in [2.75, 3.05) is 10.7 Å². The number of nitrogens with one attached hydrogen (secondary N) is 2. The third-order valence-corrected chi connectivity index (χ3v) is 5.91. The van der Waals surface area contributed by atoms with Gasteiger partial charge in [-0.2, -0.15) is 31.4 Å². The summed E-state index contributed by atoms with van der Waals surface area (Å²) in [7, 11) is 0.